The number of esters is 1. The van der Waals surface area contributed by atoms with Crippen molar-refractivity contribution < 1.29 is 19.2 Å². The average Bonchev–Trinajstić information content (AvgIpc) is 2.74. The van der Waals surface area contributed by atoms with E-state index in [0.717, 1.165) is 6.07 Å². The molecule has 0 saturated heterocycles. The summed E-state index contributed by atoms with van der Waals surface area (Å²) in [5.74, 6) is -1.56. The number of carbonyl (C=O) groups excluding carboxylic acids is 2. The van der Waals surface area contributed by atoms with Crippen molar-refractivity contribution in [3.8, 4) is 0 Å². The second kappa shape index (κ2) is 9.34. The molecule has 0 unspecified atom stereocenters. The second-order valence-electron chi connectivity index (χ2n) is 5.95. The van der Waals surface area contributed by atoms with Crippen LogP contribution < -0.4 is 5.32 Å². The van der Waals surface area contributed by atoms with Gasteiger partial charge in [-0.25, -0.2) is 9.78 Å². The van der Waals surface area contributed by atoms with Crippen LogP contribution in [-0.2, 0) is 9.53 Å². The molecule has 0 saturated carbocycles. The lowest BCUT2D eigenvalue weighted by Crippen LogP contribution is -2.26. The smallest absolute Gasteiger partial charge is 0.342 e. The van der Waals surface area contributed by atoms with E-state index in [4.69, 9.17) is 27.9 Å². The number of pyridine rings is 1. The molecule has 1 heterocycles. The molecule has 1 N–H and O–H groups in total. The summed E-state index contributed by atoms with van der Waals surface area (Å²) in [4.78, 5) is 39.7. The highest BCUT2D eigenvalue weighted by atomic mass is 35.5. The molecule has 3 aromatic rings. The van der Waals surface area contributed by atoms with Crippen LogP contribution in [0.25, 0.3) is 0 Å². The number of rotatable bonds is 6. The van der Waals surface area contributed by atoms with Gasteiger partial charge in [-0.2, -0.15) is 0 Å². The Labute approximate surface area is 180 Å². The SMILES string of the molecule is O=C(O[C@@H](C(=O)Nc1ccc(Cl)c([N+](=O)[O-])c1)c1ccccc1)c1cccnc1Cl. The third-order valence-electron chi connectivity index (χ3n) is 3.95. The van der Waals surface area contributed by atoms with E-state index >= 15 is 0 Å². The molecule has 8 nitrogen and oxygen atoms in total. The van der Waals surface area contributed by atoms with E-state index in [1.54, 1.807) is 30.3 Å². The number of hydrogen-bond donors (Lipinski definition) is 1. The number of nitrogens with zero attached hydrogens (tertiary/aromatic N) is 2. The predicted molar refractivity (Wildman–Crippen MR) is 111 cm³/mol. The molecule has 0 aliphatic heterocycles. The van der Waals surface area contributed by atoms with E-state index in [0.29, 0.717) is 5.56 Å². The maximum absolute atomic E-state index is 12.9. The summed E-state index contributed by atoms with van der Waals surface area (Å²) >= 11 is 11.7. The monoisotopic (exact) mass is 445 g/mol. The Hall–Kier alpha value is -3.49. The van der Waals surface area contributed by atoms with Gasteiger partial charge < -0.3 is 10.1 Å². The van der Waals surface area contributed by atoms with Gasteiger partial charge in [-0.05, 0) is 24.3 Å². The summed E-state index contributed by atoms with van der Waals surface area (Å²) in [6, 6.07) is 15.0. The Bertz CT molecular complexity index is 1110. The summed E-state index contributed by atoms with van der Waals surface area (Å²) < 4.78 is 5.40. The fraction of sp³-hybridized carbons (Fsp3) is 0.0500. The number of benzene rings is 2. The molecule has 0 fully saturated rings. The van der Waals surface area contributed by atoms with Gasteiger partial charge in [-0.15, -0.1) is 0 Å². The molecule has 0 radical (unpaired) electrons. The minimum Gasteiger partial charge on any atom is -0.444 e. The van der Waals surface area contributed by atoms with Crippen LogP contribution in [0.5, 0.6) is 0 Å². The lowest BCUT2D eigenvalue weighted by Gasteiger charge is -2.18. The van der Waals surface area contributed by atoms with Gasteiger partial charge in [0.15, 0.2) is 0 Å². The van der Waals surface area contributed by atoms with Crippen molar-refractivity contribution in [1.29, 1.82) is 0 Å². The lowest BCUT2D eigenvalue weighted by atomic mass is 10.1. The zero-order chi connectivity index (χ0) is 21.7. The van der Waals surface area contributed by atoms with Gasteiger partial charge in [0.25, 0.3) is 11.6 Å². The number of amides is 1. The highest BCUT2D eigenvalue weighted by Gasteiger charge is 2.27. The molecule has 1 amide bonds. The van der Waals surface area contributed by atoms with Gasteiger partial charge in [0.2, 0.25) is 6.10 Å². The third kappa shape index (κ3) is 4.91. The molecule has 30 heavy (non-hydrogen) atoms. The first-order chi connectivity index (χ1) is 14.4. The summed E-state index contributed by atoms with van der Waals surface area (Å²) in [6.07, 6.45) is 0.0678. The number of nitro groups is 1. The van der Waals surface area contributed by atoms with Gasteiger partial charge in [0, 0.05) is 23.5 Å². The Balaban J connectivity index is 1.88. The number of aromatic nitrogens is 1. The third-order valence-corrected chi connectivity index (χ3v) is 4.58. The van der Waals surface area contributed by atoms with Crippen molar-refractivity contribution in [1.82, 2.24) is 4.98 Å². The normalized spacial score (nSPS) is 11.4. The zero-order valence-corrected chi connectivity index (χ0v) is 16.6. The van der Waals surface area contributed by atoms with E-state index in [1.807, 2.05) is 0 Å². The largest absolute Gasteiger partial charge is 0.444 e. The number of ether oxygens (including phenoxy) is 1. The minimum atomic E-state index is -1.34. The number of anilines is 1. The molecule has 152 valence electrons. The van der Waals surface area contributed by atoms with Crippen molar-refractivity contribution in [2.45, 2.75) is 6.10 Å². The van der Waals surface area contributed by atoms with Gasteiger partial charge in [-0.3, -0.25) is 14.9 Å². The zero-order valence-electron chi connectivity index (χ0n) is 15.1. The van der Waals surface area contributed by atoms with Crippen LogP contribution in [0.3, 0.4) is 0 Å². The van der Waals surface area contributed by atoms with Crippen LogP contribution >= 0.6 is 23.2 Å². The molecule has 0 bridgehead atoms. The molecule has 0 spiro atoms. The summed E-state index contributed by atoms with van der Waals surface area (Å²) in [5, 5.41) is 13.4. The van der Waals surface area contributed by atoms with Crippen LogP contribution in [0, 0.1) is 10.1 Å². The van der Waals surface area contributed by atoms with E-state index in [-0.39, 0.29) is 27.1 Å². The predicted octanol–water partition coefficient (Wildman–Crippen LogP) is 4.83. The van der Waals surface area contributed by atoms with Gasteiger partial charge in [0.05, 0.1) is 10.5 Å². The number of hydrogen-bond acceptors (Lipinski definition) is 6. The van der Waals surface area contributed by atoms with E-state index in [9.17, 15) is 19.7 Å². The molecule has 1 atom stereocenters. The number of carbonyl (C=O) groups is 2. The maximum atomic E-state index is 12.9. The fourth-order valence-electron chi connectivity index (χ4n) is 2.55. The molecule has 0 aliphatic rings. The maximum Gasteiger partial charge on any atom is 0.342 e. The first kappa shape index (κ1) is 21.2. The highest BCUT2D eigenvalue weighted by molar-refractivity contribution is 6.33. The van der Waals surface area contributed by atoms with E-state index in [2.05, 4.69) is 10.3 Å². The van der Waals surface area contributed by atoms with Crippen LogP contribution in [0.15, 0.2) is 66.9 Å². The topological polar surface area (TPSA) is 111 Å². The lowest BCUT2D eigenvalue weighted by molar-refractivity contribution is -0.384. The van der Waals surface area contributed by atoms with Crippen LogP contribution in [0.1, 0.15) is 22.0 Å². The minimum absolute atomic E-state index is 0.00460. The van der Waals surface area contributed by atoms with Crippen LogP contribution in [0.2, 0.25) is 10.2 Å². The van der Waals surface area contributed by atoms with Gasteiger partial charge >= 0.3 is 5.97 Å². The number of nitro benzene ring substituents is 1. The molecule has 1 aromatic heterocycles. The Kier molecular flexibility index (Phi) is 6.61. The van der Waals surface area contributed by atoms with E-state index < -0.39 is 22.9 Å². The second-order valence-corrected chi connectivity index (χ2v) is 6.72. The van der Waals surface area contributed by atoms with Crippen molar-refractivity contribution in [2.75, 3.05) is 5.32 Å². The summed E-state index contributed by atoms with van der Waals surface area (Å²) in [7, 11) is 0. The van der Waals surface area contributed by atoms with Crippen molar-refractivity contribution in [3.63, 3.8) is 0 Å². The van der Waals surface area contributed by atoms with Gasteiger partial charge in [-0.1, -0.05) is 53.5 Å². The first-order valence-electron chi connectivity index (χ1n) is 8.48. The molecular weight excluding hydrogens is 433 g/mol. The number of nitrogens with one attached hydrogen (secondary N) is 1. The highest BCUT2D eigenvalue weighted by Crippen LogP contribution is 2.29. The Morgan fingerprint density at radius 3 is 2.47 bits per heavy atom. The standard InChI is InChI=1S/C20H13Cl2N3O5/c21-15-9-8-13(11-16(15)25(28)29)24-19(26)17(12-5-2-1-3-6-12)30-20(27)14-7-4-10-23-18(14)22/h1-11,17H,(H,24,26)/t17-/m1/s1. The molecular formula is C20H13Cl2N3O5. The molecule has 10 heteroatoms. The Morgan fingerprint density at radius 2 is 1.80 bits per heavy atom. The van der Waals surface area contributed by atoms with Crippen LogP contribution in [-0.4, -0.2) is 21.8 Å². The summed E-state index contributed by atoms with van der Waals surface area (Å²) in [5.41, 5.74) is 0.138. The average molecular weight is 446 g/mol. The van der Waals surface area contributed by atoms with Crippen LogP contribution in [0.4, 0.5) is 11.4 Å². The Morgan fingerprint density at radius 1 is 1.07 bits per heavy atom. The first-order valence-corrected chi connectivity index (χ1v) is 9.23. The molecule has 0 aliphatic carbocycles. The fourth-order valence-corrected chi connectivity index (χ4v) is 2.93. The van der Waals surface area contributed by atoms with Crippen molar-refractivity contribution in [3.05, 3.63) is 98.3 Å². The van der Waals surface area contributed by atoms with Crippen molar-refractivity contribution in [2.24, 2.45) is 0 Å². The van der Waals surface area contributed by atoms with E-state index in [1.165, 1.54) is 30.5 Å². The molecule has 3 rings (SSSR count). The quantitative estimate of drug-likeness (QED) is 0.251. The summed E-state index contributed by atoms with van der Waals surface area (Å²) in [6.45, 7) is 0. The molecule has 2 aromatic carbocycles. The van der Waals surface area contributed by atoms with Crippen molar-refractivity contribution >= 4 is 46.5 Å². The number of halogens is 2. The van der Waals surface area contributed by atoms with Gasteiger partial charge in [0.1, 0.15) is 10.2 Å².